The first-order chi connectivity index (χ1) is 12.0. The Morgan fingerprint density at radius 1 is 1.08 bits per heavy atom. The lowest BCUT2D eigenvalue weighted by Gasteiger charge is -2.26. The molecule has 2 aromatic carbocycles. The van der Waals surface area contributed by atoms with E-state index >= 15 is 0 Å². The molecule has 0 radical (unpaired) electrons. The Bertz CT molecular complexity index is 860. The van der Waals surface area contributed by atoms with Crippen molar-refractivity contribution in [2.24, 2.45) is 0 Å². The second-order valence-electron chi connectivity index (χ2n) is 5.81. The van der Waals surface area contributed by atoms with Gasteiger partial charge in [-0.25, -0.2) is 8.42 Å². The molecule has 1 heterocycles. The maximum absolute atomic E-state index is 12.8. The summed E-state index contributed by atoms with van der Waals surface area (Å²) >= 11 is 0. The molecule has 1 saturated heterocycles. The van der Waals surface area contributed by atoms with E-state index in [1.165, 1.54) is 10.4 Å². The van der Waals surface area contributed by atoms with Crippen molar-refractivity contribution < 1.29 is 17.9 Å². The van der Waals surface area contributed by atoms with Crippen LogP contribution in [-0.4, -0.2) is 44.9 Å². The first-order valence-corrected chi connectivity index (χ1v) is 9.47. The Balaban J connectivity index is 1.88. The van der Waals surface area contributed by atoms with E-state index in [0.29, 0.717) is 43.1 Å². The van der Waals surface area contributed by atoms with E-state index in [9.17, 15) is 13.2 Å². The third-order valence-corrected chi connectivity index (χ3v) is 5.99. The highest BCUT2D eigenvalue weighted by Crippen LogP contribution is 2.21. The number of anilines is 1. The third kappa shape index (κ3) is 3.89. The Morgan fingerprint density at radius 3 is 2.44 bits per heavy atom. The monoisotopic (exact) mass is 360 g/mol. The van der Waals surface area contributed by atoms with E-state index in [0.717, 1.165) is 0 Å². The highest BCUT2D eigenvalue weighted by atomic mass is 32.2. The van der Waals surface area contributed by atoms with Crippen molar-refractivity contribution in [3.63, 3.8) is 0 Å². The number of morpholine rings is 1. The zero-order valence-corrected chi connectivity index (χ0v) is 14.8. The predicted octanol–water partition coefficient (Wildman–Crippen LogP) is 2.27. The molecule has 25 heavy (non-hydrogen) atoms. The SMILES string of the molecule is Cc1ccc(S(=O)(=O)N2CCOCC2)cc1C(=O)Nc1ccccc1. The van der Waals surface area contributed by atoms with Gasteiger partial charge in [0.2, 0.25) is 10.0 Å². The molecule has 0 unspecified atom stereocenters. The van der Waals surface area contributed by atoms with E-state index in [4.69, 9.17) is 4.74 Å². The van der Waals surface area contributed by atoms with Gasteiger partial charge in [0.1, 0.15) is 0 Å². The van der Waals surface area contributed by atoms with Crippen molar-refractivity contribution >= 4 is 21.6 Å². The number of nitrogens with zero attached hydrogens (tertiary/aromatic N) is 1. The number of amides is 1. The van der Waals surface area contributed by atoms with Crippen LogP contribution in [0.4, 0.5) is 5.69 Å². The van der Waals surface area contributed by atoms with Crippen LogP contribution in [0.15, 0.2) is 53.4 Å². The lowest BCUT2D eigenvalue weighted by Crippen LogP contribution is -2.40. The lowest BCUT2D eigenvalue weighted by molar-refractivity contribution is 0.0730. The molecule has 0 saturated carbocycles. The second kappa shape index (κ2) is 7.35. The lowest BCUT2D eigenvalue weighted by atomic mass is 10.1. The van der Waals surface area contributed by atoms with Gasteiger partial charge in [0, 0.05) is 24.3 Å². The van der Waals surface area contributed by atoms with Crippen LogP contribution in [0, 0.1) is 6.92 Å². The highest BCUT2D eigenvalue weighted by molar-refractivity contribution is 7.89. The van der Waals surface area contributed by atoms with Crippen molar-refractivity contribution in [3.8, 4) is 0 Å². The minimum absolute atomic E-state index is 0.123. The molecular formula is C18H20N2O4S. The molecule has 1 N–H and O–H groups in total. The summed E-state index contributed by atoms with van der Waals surface area (Å²) in [7, 11) is -3.63. The number of sulfonamides is 1. The Hall–Kier alpha value is -2.22. The van der Waals surface area contributed by atoms with Crippen LogP contribution in [0.3, 0.4) is 0 Å². The van der Waals surface area contributed by atoms with Gasteiger partial charge >= 0.3 is 0 Å². The molecule has 0 atom stereocenters. The van der Waals surface area contributed by atoms with E-state index in [1.54, 1.807) is 31.2 Å². The van der Waals surface area contributed by atoms with Crippen LogP contribution in [0.2, 0.25) is 0 Å². The predicted molar refractivity (Wildman–Crippen MR) is 95.2 cm³/mol. The second-order valence-corrected chi connectivity index (χ2v) is 7.75. The molecule has 0 spiro atoms. The number of para-hydroxylation sites is 1. The summed E-state index contributed by atoms with van der Waals surface area (Å²) in [6, 6.07) is 13.7. The van der Waals surface area contributed by atoms with Gasteiger partial charge in [0.25, 0.3) is 5.91 Å². The topological polar surface area (TPSA) is 75.7 Å². The van der Waals surface area contributed by atoms with Crippen LogP contribution >= 0.6 is 0 Å². The molecule has 1 aliphatic rings. The zero-order chi connectivity index (χ0) is 17.9. The minimum atomic E-state index is -3.63. The van der Waals surface area contributed by atoms with E-state index in [1.807, 2.05) is 18.2 Å². The smallest absolute Gasteiger partial charge is 0.255 e. The first kappa shape index (κ1) is 17.6. The molecule has 1 fully saturated rings. The number of carbonyl (C=O) groups excluding carboxylic acids is 1. The van der Waals surface area contributed by atoms with Gasteiger partial charge < -0.3 is 10.1 Å². The molecule has 0 aliphatic carbocycles. The van der Waals surface area contributed by atoms with Crippen molar-refractivity contribution in [2.75, 3.05) is 31.6 Å². The fourth-order valence-corrected chi connectivity index (χ4v) is 4.10. The maximum Gasteiger partial charge on any atom is 0.255 e. The summed E-state index contributed by atoms with van der Waals surface area (Å²) in [6.45, 7) is 3.19. The zero-order valence-electron chi connectivity index (χ0n) is 13.9. The van der Waals surface area contributed by atoms with Crippen LogP contribution in [0.5, 0.6) is 0 Å². The maximum atomic E-state index is 12.8. The Morgan fingerprint density at radius 2 is 1.76 bits per heavy atom. The van der Waals surface area contributed by atoms with Crippen molar-refractivity contribution in [3.05, 3.63) is 59.7 Å². The number of hydrogen-bond donors (Lipinski definition) is 1. The number of nitrogens with one attached hydrogen (secondary N) is 1. The van der Waals surface area contributed by atoms with Gasteiger partial charge in [-0.1, -0.05) is 24.3 Å². The summed E-state index contributed by atoms with van der Waals surface area (Å²) in [4.78, 5) is 12.7. The first-order valence-electron chi connectivity index (χ1n) is 8.03. The average molecular weight is 360 g/mol. The molecule has 1 amide bonds. The number of carbonyl (C=O) groups is 1. The third-order valence-electron chi connectivity index (χ3n) is 4.09. The Kier molecular flexibility index (Phi) is 5.17. The number of hydrogen-bond acceptors (Lipinski definition) is 4. The largest absolute Gasteiger partial charge is 0.379 e. The number of rotatable bonds is 4. The summed E-state index contributed by atoms with van der Waals surface area (Å²) < 4.78 is 32.1. The average Bonchev–Trinajstić information content (AvgIpc) is 2.63. The van der Waals surface area contributed by atoms with Gasteiger partial charge in [0.15, 0.2) is 0 Å². The minimum Gasteiger partial charge on any atom is -0.379 e. The van der Waals surface area contributed by atoms with Gasteiger partial charge in [-0.3, -0.25) is 4.79 Å². The highest BCUT2D eigenvalue weighted by Gasteiger charge is 2.27. The molecular weight excluding hydrogens is 340 g/mol. The summed E-state index contributed by atoms with van der Waals surface area (Å²) in [5, 5.41) is 2.79. The fraction of sp³-hybridized carbons (Fsp3) is 0.278. The van der Waals surface area contributed by atoms with E-state index < -0.39 is 10.0 Å². The molecule has 3 rings (SSSR count). The van der Waals surface area contributed by atoms with Crippen molar-refractivity contribution in [1.29, 1.82) is 0 Å². The normalized spacial score (nSPS) is 15.7. The molecule has 0 aromatic heterocycles. The summed E-state index contributed by atoms with van der Waals surface area (Å²) in [6.07, 6.45) is 0. The number of ether oxygens (including phenoxy) is 1. The fourth-order valence-electron chi connectivity index (χ4n) is 2.66. The number of aryl methyl sites for hydroxylation is 1. The van der Waals surface area contributed by atoms with Gasteiger partial charge in [-0.2, -0.15) is 4.31 Å². The standard InChI is InChI=1S/C18H20N2O4S/c1-14-7-8-16(25(22,23)20-9-11-24-12-10-20)13-17(14)18(21)19-15-5-3-2-4-6-15/h2-8,13H,9-12H2,1H3,(H,19,21). The summed E-state index contributed by atoms with van der Waals surface area (Å²) in [5.41, 5.74) is 1.72. The van der Waals surface area contributed by atoms with E-state index in [2.05, 4.69) is 5.32 Å². The summed E-state index contributed by atoms with van der Waals surface area (Å²) in [5.74, 6) is -0.331. The number of benzene rings is 2. The van der Waals surface area contributed by atoms with Gasteiger partial charge in [-0.05, 0) is 36.8 Å². The Labute approximate surface area is 147 Å². The molecule has 0 bridgehead atoms. The van der Waals surface area contributed by atoms with Gasteiger partial charge in [-0.15, -0.1) is 0 Å². The quantitative estimate of drug-likeness (QED) is 0.907. The van der Waals surface area contributed by atoms with Crippen molar-refractivity contribution in [2.45, 2.75) is 11.8 Å². The van der Waals surface area contributed by atoms with Crippen LogP contribution in [0.25, 0.3) is 0 Å². The van der Waals surface area contributed by atoms with Crippen molar-refractivity contribution in [1.82, 2.24) is 4.31 Å². The molecule has 6 nitrogen and oxygen atoms in total. The molecule has 1 aliphatic heterocycles. The molecule has 2 aromatic rings. The molecule has 132 valence electrons. The van der Waals surface area contributed by atoms with Crippen LogP contribution in [0.1, 0.15) is 15.9 Å². The van der Waals surface area contributed by atoms with Gasteiger partial charge in [0.05, 0.1) is 18.1 Å². The van der Waals surface area contributed by atoms with Crippen LogP contribution in [-0.2, 0) is 14.8 Å². The van der Waals surface area contributed by atoms with Crippen LogP contribution < -0.4 is 5.32 Å². The van der Waals surface area contributed by atoms with E-state index in [-0.39, 0.29) is 10.8 Å². The molecule has 7 heteroatoms.